The van der Waals surface area contributed by atoms with Gasteiger partial charge in [-0.1, -0.05) is 28.1 Å². The molecule has 0 aliphatic rings. The Morgan fingerprint density at radius 2 is 1.79 bits per heavy atom. The van der Waals surface area contributed by atoms with Gasteiger partial charge in [-0.3, -0.25) is 9.59 Å². The lowest BCUT2D eigenvalue weighted by atomic mass is 10.1. The predicted molar refractivity (Wildman–Crippen MR) is 105 cm³/mol. The molecule has 1 N–H and O–H groups in total. The second-order valence-corrected chi connectivity index (χ2v) is 6.89. The van der Waals surface area contributed by atoms with Crippen LogP contribution in [-0.4, -0.2) is 17.3 Å². The van der Waals surface area contributed by atoms with Crippen molar-refractivity contribution >= 4 is 27.5 Å². The number of ether oxygens (including phenoxy) is 1. The molecule has 150 valence electrons. The zero-order valence-electron chi connectivity index (χ0n) is 14.7. The number of nitrogens with zero attached hydrogens (tertiary/aromatic N) is 1. The normalized spacial score (nSPS) is 11.2. The molecule has 0 radical (unpaired) electrons. The van der Waals surface area contributed by atoms with E-state index in [0.717, 1.165) is 22.2 Å². The number of carbonyl (C=O) groups is 1. The first-order valence-electron chi connectivity index (χ1n) is 8.33. The summed E-state index contributed by atoms with van der Waals surface area (Å²) in [6.45, 7) is 0.103. The molecule has 1 aromatic heterocycles. The fraction of sp³-hybridized carbons (Fsp3) is 0.100. The number of amides is 1. The monoisotopic (exact) mass is 466 g/mol. The van der Waals surface area contributed by atoms with E-state index >= 15 is 0 Å². The van der Waals surface area contributed by atoms with E-state index in [0.29, 0.717) is 5.69 Å². The van der Waals surface area contributed by atoms with Crippen LogP contribution in [0.25, 0.3) is 0 Å². The Kier molecular flexibility index (Phi) is 6.07. The minimum absolute atomic E-state index is 0.0851. The Morgan fingerprint density at radius 3 is 2.41 bits per heavy atom. The summed E-state index contributed by atoms with van der Waals surface area (Å²) in [5.74, 6) is -0.995. The molecule has 5 nitrogen and oxygen atoms in total. The number of rotatable bonds is 5. The molecule has 2 aromatic carbocycles. The maximum absolute atomic E-state index is 13.1. The highest BCUT2D eigenvalue weighted by Crippen LogP contribution is 2.27. The Labute approximate surface area is 171 Å². The average Bonchev–Trinajstić information content (AvgIpc) is 2.66. The fourth-order valence-corrected chi connectivity index (χ4v) is 3.11. The van der Waals surface area contributed by atoms with Gasteiger partial charge in [0.2, 0.25) is 0 Å². The van der Waals surface area contributed by atoms with E-state index in [1.807, 2.05) is 6.07 Å². The largest absolute Gasteiger partial charge is 0.573 e. The van der Waals surface area contributed by atoms with Crippen molar-refractivity contribution in [2.45, 2.75) is 12.9 Å². The van der Waals surface area contributed by atoms with Crippen LogP contribution in [0.1, 0.15) is 15.9 Å². The van der Waals surface area contributed by atoms with Crippen molar-refractivity contribution in [3.05, 3.63) is 92.8 Å². The third-order valence-corrected chi connectivity index (χ3v) is 4.40. The molecule has 0 atom stereocenters. The van der Waals surface area contributed by atoms with Gasteiger partial charge in [-0.25, -0.2) is 0 Å². The number of halogens is 4. The molecule has 0 unspecified atom stereocenters. The number of pyridine rings is 1. The number of H-pyrrole nitrogens is 1. The number of benzene rings is 2. The first-order valence-corrected chi connectivity index (χ1v) is 9.12. The van der Waals surface area contributed by atoms with Gasteiger partial charge in [0.1, 0.15) is 11.3 Å². The van der Waals surface area contributed by atoms with Crippen LogP contribution in [0.15, 0.2) is 76.1 Å². The van der Waals surface area contributed by atoms with Crippen molar-refractivity contribution in [2.75, 3.05) is 4.90 Å². The molecular weight excluding hydrogens is 453 g/mol. The molecule has 0 fully saturated rings. The first kappa shape index (κ1) is 20.7. The van der Waals surface area contributed by atoms with Gasteiger partial charge in [-0.15, -0.1) is 13.2 Å². The Hall–Kier alpha value is -3.07. The number of alkyl halides is 3. The smallest absolute Gasteiger partial charge is 0.406 e. The summed E-state index contributed by atoms with van der Waals surface area (Å²) in [7, 11) is 0. The van der Waals surface area contributed by atoms with Crippen LogP contribution in [-0.2, 0) is 6.54 Å². The molecule has 0 aliphatic carbocycles. The molecule has 0 aliphatic heterocycles. The van der Waals surface area contributed by atoms with Crippen LogP contribution in [0.2, 0.25) is 0 Å². The van der Waals surface area contributed by atoms with E-state index in [4.69, 9.17) is 0 Å². The molecule has 3 rings (SSSR count). The predicted octanol–water partition coefficient (Wildman–Crippen LogP) is 4.88. The number of anilines is 1. The number of hydrogen-bond acceptors (Lipinski definition) is 3. The van der Waals surface area contributed by atoms with Crippen molar-refractivity contribution in [2.24, 2.45) is 0 Å². The quantitative estimate of drug-likeness (QED) is 0.582. The Balaban J connectivity index is 1.97. The van der Waals surface area contributed by atoms with E-state index < -0.39 is 23.6 Å². The second kappa shape index (κ2) is 8.52. The van der Waals surface area contributed by atoms with Crippen molar-refractivity contribution < 1.29 is 22.7 Å². The topological polar surface area (TPSA) is 62.4 Å². The molecule has 0 bridgehead atoms. The van der Waals surface area contributed by atoms with E-state index in [1.54, 1.807) is 18.2 Å². The highest BCUT2D eigenvalue weighted by molar-refractivity contribution is 9.10. The minimum Gasteiger partial charge on any atom is -0.406 e. The van der Waals surface area contributed by atoms with Gasteiger partial charge in [-0.05, 0) is 54.1 Å². The molecule has 0 saturated carbocycles. The van der Waals surface area contributed by atoms with Gasteiger partial charge in [0, 0.05) is 16.4 Å². The van der Waals surface area contributed by atoms with E-state index in [2.05, 4.69) is 25.7 Å². The first-order chi connectivity index (χ1) is 13.7. The van der Waals surface area contributed by atoms with E-state index in [-0.39, 0.29) is 12.1 Å². The van der Waals surface area contributed by atoms with E-state index in [9.17, 15) is 22.8 Å². The molecular formula is C20H14BrF3N2O3. The Morgan fingerprint density at radius 1 is 1.07 bits per heavy atom. The summed E-state index contributed by atoms with van der Waals surface area (Å²) < 4.78 is 41.8. The van der Waals surface area contributed by atoms with Crippen LogP contribution in [0.5, 0.6) is 5.75 Å². The number of hydrogen-bond donors (Lipinski definition) is 1. The third-order valence-electron chi connectivity index (χ3n) is 3.91. The summed E-state index contributed by atoms with van der Waals surface area (Å²) in [4.78, 5) is 28.9. The summed E-state index contributed by atoms with van der Waals surface area (Å²) >= 11 is 3.36. The number of aromatic nitrogens is 1. The SMILES string of the molecule is O=C(c1ccc[nH]c1=O)N(Cc1cccc(Br)c1)c1ccc(OC(F)(F)F)cc1. The van der Waals surface area contributed by atoms with Gasteiger partial charge in [0.05, 0.1) is 6.54 Å². The number of nitrogens with one attached hydrogen (secondary N) is 1. The molecule has 0 saturated heterocycles. The van der Waals surface area contributed by atoms with Gasteiger partial charge in [-0.2, -0.15) is 0 Å². The molecule has 1 amide bonds. The lowest BCUT2D eigenvalue weighted by molar-refractivity contribution is -0.274. The lowest BCUT2D eigenvalue weighted by Crippen LogP contribution is -2.34. The van der Waals surface area contributed by atoms with Crippen LogP contribution in [0, 0.1) is 0 Å². The van der Waals surface area contributed by atoms with Crippen molar-refractivity contribution in [1.29, 1.82) is 0 Å². The summed E-state index contributed by atoms with van der Waals surface area (Å²) in [6.07, 6.45) is -3.41. The van der Waals surface area contributed by atoms with E-state index in [1.165, 1.54) is 35.4 Å². The second-order valence-electron chi connectivity index (χ2n) is 5.98. The zero-order valence-corrected chi connectivity index (χ0v) is 16.3. The van der Waals surface area contributed by atoms with Crippen molar-refractivity contribution in [3.8, 4) is 5.75 Å². The average molecular weight is 467 g/mol. The summed E-state index contributed by atoms with van der Waals surface area (Å²) in [6, 6.07) is 15.0. The maximum Gasteiger partial charge on any atom is 0.573 e. The number of carbonyl (C=O) groups excluding carboxylic acids is 1. The highest BCUT2D eigenvalue weighted by Gasteiger charge is 2.31. The van der Waals surface area contributed by atoms with Crippen LogP contribution in [0.3, 0.4) is 0 Å². The summed E-state index contributed by atoms with van der Waals surface area (Å²) in [5.41, 5.74) is 0.426. The fourth-order valence-electron chi connectivity index (χ4n) is 2.66. The van der Waals surface area contributed by atoms with Crippen molar-refractivity contribution in [1.82, 2.24) is 4.98 Å². The van der Waals surface area contributed by atoms with Gasteiger partial charge in [0.15, 0.2) is 0 Å². The summed E-state index contributed by atoms with van der Waals surface area (Å²) in [5, 5.41) is 0. The number of aromatic amines is 1. The van der Waals surface area contributed by atoms with Crippen LogP contribution in [0.4, 0.5) is 18.9 Å². The molecule has 0 spiro atoms. The van der Waals surface area contributed by atoms with Gasteiger partial charge < -0.3 is 14.6 Å². The van der Waals surface area contributed by atoms with Crippen molar-refractivity contribution in [3.63, 3.8) is 0 Å². The lowest BCUT2D eigenvalue weighted by Gasteiger charge is -2.23. The van der Waals surface area contributed by atoms with Crippen LogP contribution < -0.4 is 15.2 Å². The maximum atomic E-state index is 13.1. The van der Waals surface area contributed by atoms with Crippen LogP contribution >= 0.6 is 15.9 Å². The zero-order chi connectivity index (χ0) is 21.0. The highest BCUT2D eigenvalue weighted by atomic mass is 79.9. The molecule has 29 heavy (non-hydrogen) atoms. The molecule has 3 aromatic rings. The Bertz CT molecular complexity index is 1070. The van der Waals surface area contributed by atoms with Gasteiger partial charge in [0.25, 0.3) is 11.5 Å². The third kappa shape index (κ3) is 5.47. The standard InChI is InChI=1S/C20H14BrF3N2O3/c21-14-4-1-3-13(11-14)12-26(19(28)17-5-2-10-25-18(17)27)15-6-8-16(9-7-15)29-20(22,23)24/h1-11H,12H2,(H,25,27). The minimum atomic E-state index is -4.81. The molecule has 1 heterocycles. The van der Waals surface area contributed by atoms with Gasteiger partial charge >= 0.3 is 6.36 Å². The molecule has 9 heteroatoms.